The van der Waals surface area contributed by atoms with Gasteiger partial charge in [0.2, 0.25) is 11.8 Å². The van der Waals surface area contributed by atoms with Crippen LogP contribution in [-0.2, 0) is 9.59 Å². The number of anilines is 1. The Kier molecular flexibility index (Phi) is 8.33. The molecule has 204 valence electrons. The predicted octanol–water partition coefficient (Wildman–Crippen LogP) is 4.71. The van der Waals surface area contributed by atoms with Crippen molar-refractivity contribution in [1.29, 1.82) is 0 Å². The highest BCUT2D eigenvalue weighted by atomic mass is 16.2. The van der Waals surface area contributed by atoms with E-state index in [2.05, 4.69) is 10.3 Å². The summed E-state index contributed by atoms with van der Waals surface area (Å²) in [6, 6.07) is 18.9. The molecule has 0 spiro atoms. The molecule has 39 heavy (non-hydrogen) atoms. The van der Waals surface area contributed by atoms with Gasteiger partial charge in [0.05, 0.1) is 6.04 Å². The van der Waals surface area contributed by atoms with E-state index in [4.69, 9.17) is 5.73 Å². The lowest BCUT2D eigenvalue weighted by Crippen LogP contribution is -2.55. The Bertz CT molecular complexity index is 1310. The fourth-order valence-corrected chi connectivity index (χ4v) is 5.34. The van der Waals surface area contributed by atoms with Crippen molar-refractivity contribution in [2.24, 2.45) is 5.73 Å². The second kappa shape index (κ2) is 11.7. The number of rotatable bonds is 6. The number of hydrogen-bond acceptors (Lipinski definition) is 4. The highest BCUT2D eigenvalue weighted by Crippen LogP contribution is 2.41. The summed E-state index contributed by atoms with van der Waals surface area (Å²) in [6.07, 6.45) is 4.41. The molecule has 1 fully saturated rings. The van der Waals surface area contributed by atoms with Crippen molar-refractivity contribution in [2.45, 2.75) is 64.1 Å². The van der Waals surface area contributed by atoms with Gasteiger partial charge in [-0.3, -0.25) is 19.5 Å². The number of nitrogens with zero attached hydrogens (tertiary/aromatic N) is 3. The molecule has 0 saturated carbocycles. The van der Waals surface area contributed by atoms with E-state index < -0.39 is 23.7 Å². The Morgan fingerprint density at radius 1 is 1.03 bits per heavy atom. The maximum atomic E-state index is 14.5. The van der Waals surface area contributed by atoms with Crippen molar-refractivity contribution >= 4 is 23.5 Å². The van der Waals surface area contributed by atoms with E-state index in [1.807, 2.05) is 88.4 Å². The molecular weight excluding hydrogens is 490 g/mol. The van der Waals surface area contributed by atoms with Crippen LogP contribution in [0.25, 0.3) is 0 Å². The van der Waals surface area contributed by atoms with Crippen LogP contribution >= 0.6 is 0 Å². The fraction of sp³-hybridized carbons (Fsp3) is 0.355. The summed E-state index contributed by atoms with van der Waals surface area (Å²) < 4.78 is 0. The van der Waals surface area contributed by atoms with Crippen molar-refractivity contribution in [3.63, 3.8) is 0 Å². The van der Waals surface area contributed by atoms with Gasteiger partial charge in [-0.1, -0.05) is 48.5 Å². The van der Waals surface area contributed by atoms with Gasteiger partial charge in [0.15, 0.2) is 0 Å². The van der Waals surface area contributed by atoms with Gasteiger partial charge < -0.3 is 16.0 Å². The van der Waals surface area contributed by atoms with Crippen molar-refractivity contribution in [1.82, 2.24) is 15.2 Å². The number of pyridine rings is 1. The smallest absolute Gasteiger partial charge is 0.320 e. The third-order valence-electron chi connectivity index (χ3n) is 6.96. The number of amides is 4. The summed E-state index contributed by atoms with van der Waals surface area (Å²) in [5.74, 6) is -0.712. The van der Waals surface area contributed by atoms with Gasteiger partial charge in [0, 0.05) is 23.6 Å². The van der Waals surface area contributed by atoms with Crippen molar-refractivity contribution < 1.29 is 14.4 Å². The van der Waals surface area contributed by atoms with E-state index >= 15 is 0 Å². The molecule has 0 bridgehead atoms. The van der Waals surface area contributed by atoms with Gasteiger partial charge >= 0.3 is 6.03 Å². The standard InChI is InChI=1S/C31H37N5O3/c1-21-10-8-14-25(16-21)36(30(32)39)27-18-24(23-13-9-15-33-19-23)17-26(22-11-6-5-7-12-22)35(29(27)38)20-28(37)34-31(2,3)4/h5-16,19,24,26-27H,17-18,20H2,1-4H3,(H2,32,39)(H,34,37). The molecule has 8 nitrogen and oxygen atoms in total. The number of carbonyl (C=O) groups excluding carboxylic acids is 3. The van der Waals surface area contributed by atoms with E-state index in [9.17, 15) is 14.4 Å². The Morgan fingerprint density at radius 2 is 1.74 bits per heavy atom. The van der Waals surface area contributed by atoms with Crippen LogP contribution in [0, 0.1) is 6.92 Å². The van der Waals surface area contributed by atoms with Gasteiger partial charge in [0.25, 0.3) is 0 Å². The molecule has 0 radical (unpaired) electrons. The average molecular weight is 528 g/mol. The minimum absolute atomic E-state index is 0.125. The number of nitrogens with two attached hydrogens (primary N) is 1. The molecule has 3 N–H and O–H groups in total. The number of carbonyl (C=O) groups is 3. The number of nitrogens with one attached hydrogen (secondary N) is 1. The lowest BCUT2D eigenvalue weighted by molar-refractivity contribution is -0.139. The Balaban J connectivity index is 1.85. The molecule has 3 atom stereocenters. The van der Waals surface area contributed by atoms with Gasteiger partial charge in [0.1, 0.15) is 12.6 Å². The van der Waals surface area contributed by atoms with E-state index in [-0.39, 0.29) is 24.3 Å². The molecule has 1 aliphatic heterocycles. The molecular formula is C31H37N5O3. The lowest BCUT2D eigenvalue weighted by Gasteiger charge is -2.35. The molecule has 1 saturated heterocycles. The predicted molar refractivity (Wildman–Crippen MR) is 152 cm³/mol. The zero-order chi connectivity index (χ0) is 28.2. The van der Waals surface area contributed by atoms with Crippen LogP contribution in [0.3, 0.4) is 0 Å². The molecule has 0 aliphatic carbocycles. The molecule has 2 heterocycles. The molecule has 2 aromatic carbocycles. The number of primary amides is 1. The normalized spacial score (nSPS) is 19.7. The quantitative estimate of drug-likeness (QED) is 0.484. The van der Waals surface area contributed by atoms with Crippen LogP contribution < -0.4 is 16.0 Å². The highest BCUT2D eigenvalue weighted by Gasteiger charge is 2.43. The molecule has 4 rings (SSSR count). The maximum absolute atomic E-state index is 14.5. The lowest BCUT2D eigenvalue weighted by atomic mass is 9.86. The van der Waals surface area contributed by atoms with Crippen LogP contribution in [0.4, 0.5) is 10.5 Å². The van der Waals surface area contributed by atoms with Crippen molar-refractivity contribution in [3.8, 4) is 0 Å². The fourth-order valence-electron chi connectivity index (χ4n) is 5.34. The molecule has 1 aromatic heterocycles. The first-order valence-corrected chi connectivity index (χ1v) is 13.2. The SMILES string of the molecule is Cc1cccc(N(C(N)=O)C2CC(c3cccnc3)CC(c3ccccc3)N(CC(=O)NC(C)(C)C)C2=O)c1. The Labute approximate surface area is 230 Å². The van der Waals surface area contributed by atoms with E-state index in [0.29, 0.717) is 18.5 Å². The molecule has 3 aromatic rings. The maximum Gasteiger partial charge on any atom is 0.320 e. The summed E-state index contributed by atoms with van der Waals surface area (Å²) in [4.78, 5) is 48.0. The number of urea groups is 1. The summed E-state index contributed by atoms with van der Waals surface area (Å²) >= 11 is 0. The molecule has 8 heteroatoms. The zero-order valence-electron chi connectivity index (χ0n) is 23.0. The molecule has 3 unspecified atom stereocenters. The van der Waals surface area contributed by atoms with Crippen LogP contribution in [0.2, 0.25) is 0 Å². The second-order valence-corrected chi connectivity index (χ2v) is 11.2. The van der Waals surface area contributed by atoms with Crippen LogP contribution in [0.1, 0.15) is 62.3 Å². The average Bonchev–Trinajstić information content (AvgIpc) is 3.01. The highest BCUT2D eigenvalue weighted by molar-refractivity contribution is 6.00. The van der Waals surface area contributed by atoms with Crippen LogP contribution in [0.15, 0.2) is 79.1 Å². The number of benzene rings is 2. The summed E-state index contributed by atoms with van der Waals surface area (Å²) in [7, 11) is 0. The zero-order valence-corrected chi connectivity index (χ0v) is 23.0. The van der Waals surface area contributed by atoms with Gasteiger partial charge in [-0.05, 0) is 81.3 Å². The third-order valence-corrected chi connectivity index (χ3v) is 6.96. The van der Waals surface area contributed by atoms with Gasteiger partial charge in [-0.2, -0.15) is 0 Å². The molecule has 1 aliphatic rings. The van der Waals surface area contributed by atoms with Crippen molar-refractivity contribution in [2.75, 3.05) is 11.4 Å². The second-order valence-electron chi connectivity index (χ2n) is 11.2. The monoisotopic (exact) mass is 527 g/mol. The summed E-state index contributed by atoms with van der Waals surface area (Å²) in [5.41, 5.74) is 8.85. The van der Waals surface area contributed by atoms with E-state index in [1.54, 1.807) is 23.4 Å². The summed E-state index contributed by atoms with van der Waals surface area (Å²) in [6.45, 7) is 7.48. The minimum Gasteiger partial charge on any atom is -0.351 e. The van der Waals surface area contributed by atoms with Gasteiger partial charge in [-0.25, -0.2) is 4.79 Å². The number of hydrogen-bond donors (Lipinski definition) is 2. The van der Waals surface area contributed by atoms with Crippen molar-refractivity contribution in [3.05, 3.63) is 95.8 Å². The molecule has 4 amide bonds. The minimum atomic E-state index is -0.911. The van der Waals surface area contributed by atoms with Crippen LogP contribution in [0.5, 0.6) is 0 Å². The van der Waals surface area contributed by atoms with E-state index in [0.717, 1.165) is 16.7 Å². The number of likely N-dealkylation sites (tertiary alicyclic amines) is 1. The largest absolute Gasteiger partial charge is 0.351 e. The van der Waals surface area contributed by atoms with E-state index in [1.165, 1.54) is 4.90 Å². The number of aryl methyl sites for hydroxylation is 1. The first-order valence-electron chi connectivity index (χ1n) is 13.2. The first kappa shape index (κ1) is 27.8. The van der Waals surface area contributed by atoms with Crippen LogP contribution in [-0.4, -0.2) is 45.9 Å². The Hall–Kier alpha value is -4.20. The number of aromatic nitrogens is 1. The Morgan fingerprint density at radius 3 is 2.36 bits per heavy atom. The summed E-state index contributed by atoms with van der Waals surface area (Å²) in [5, 5.41) is 2.98. The topological polar surface area (TPSA) is 109 Å². The first-order chi connectivity index (χ1) is 18.5. The van der Waals surface area contributed by atoms with Gasteiger partial charge in [-0.15, -0.1) is 0 Å². The third kappa shape index (κ3) is 6.82.